The van der Waals surface area contributed by atoms with Gasteiger partial charge < -0.3 is 9.73 Å². The molecule has 0 saturated carbocycles. The average Bonchev–Trinajstić information content (AvgIpc) is 3.35. The number of benzene rings is 2. The summed E-state index contributed by atoms with van der Waals surface area (Å²) in [6.07, 6.45) is 1.37. The quantitative estimate of drug-likeness (QED) is 0.333. The van der Waals surface area contributed by atoms with Gasteiger partial charge in [-0.15, -0.1) is 0 Å². The number of para-hydroxylation sites is 2. The predicted molar refractivity (Wildman–Crippen MR) is 119 cm³/mol. The van der Waals surface area contributed by atoms with Gasteiger partial charge in [0.25, 0.3) is 16.8 Å². The van der Waals surface area contributed by atoms with Gasteiger partial charge in [0.1, 0.15) is 18.1 Å². The molecule has 1 N–H and O–H groups in total. The van der Waals surface area contributed by atoms with Crippen LogP contribution in [0.4, 0.5) is 16.2 Å². The third-order valence-electron chi connectivity index (χ3n) is 4.50. The zero-order valence-corrected chi connectivity index (χ0v) is 17.2. The van der Waals surface area contributed by atoms with E-state index in [1.807, 2.05) is 0 Å². The van der Waals surface area contributed by atoms with Crippen LogP contribution in [0, 0.1) is 10.1 Å². The van der Waals surface area contributed by atoms with Crippen molar-refractivity contribution in [2.75, 3.05) is 11.9 Å². The molecule has 1 aromatic heterocycles. The molecule has 1 aliphatic rings. The summed E-state index contributed by atoms with van der Waals surface area (Å²) in [5.41, 5.74) is 0.735. The molecule has 1 aliphatic heterocycles. The molecule has 3 amide bonds. The number of nitrogens with zero attached hydrogens (tertiary/aromatic N) is 2. The van der Waals surface area contributed by atoms with Crippen molar-refractivity contribution < 1.29 is 23.7 Å². The number of carbonyl (C=O) groups is 3. The van der Waals surface area contributed by atoms with Crippen molar-refractivity contribution >= 4 is 46.3 Å². The molecule has 3 aromatic rings. The van der Waals surface area contributed by atoms with E-state index in [0.717, 1.165) is 4.90 Å². The lowest BCUT2D eigenvalue weighted by atomic mass is 10.1. The summed E-state index contributed by atoms with van der Waals surface area (Å²) in [5, 5.41) is 13.3. The normalized spacial score (nSPS) is 14.8. The van der Waals surface area contributed by atoms with E-state index in [4.69, 9.17) is 4.42 Å². The van der Waals surface area contributed by atoms with Crippen LogP contribution in [0.5, 0.6) is 0 Å². The second kappa shape index (κ2) is 8.90. The Bertz CT molecular complexity index is 1250. The fourth-order valence-electron chi connectivity index (χ4n) is 3.05. The molecule has 1 fully saturated rings. The van der Waals surface area contributed by atoms with Gasteiger partial charge in [-0.1, -0.05) is 30.3 Å². The Balaban J connectivity index is 1.49. The molecule has 0 atom stereocenters. The molecule has 0 bridgehead atoms. The van der Waals surface area contributed by atoms with E-state index in [0.29, 0.717) is 23.0 Å². The molecule has 2 aromatic carbocycles. The lowest BCUT2D eigenvalue weighted by Crippen LogP contribution is -2.36. The van der Waals surface area contributed by atoms with Crippen LogP contribution in [-0.2, 0) is 9.59 Å². The molecule has 160 valence electrons. The number of furan rings is 1. The van der Waals surface area contributed by atoms with E-state index in [-0.39, 0.29) is 22.1 Å². The van der Waals surface area contributed by atoms with Gasteiger partial charge >= 0.3 is 0 Å². The molecule has 4 rings (SSSR count). The Morgan fingerprint density at radius 3 is 2.53 bits per heavy atom. The second-order valence-electron chi connectivity index (χ2n) is 6.66. The number of anilines is 1. The first-order valence-electron chi connectivity index (χ1n) is 9.36. The minimum atomic E-state index is -0.619. The van der Waals surface area contributed by atoms with Crippen LogP contribution in [0.1, 0.15) is 5.76 Å². The van der Waals surface area contributed by atoms with E-state index in [1.54, 1.807) is 60.7 Å². The Labute approximate surface area is 185 Å². The van der Waals surface area contributed by atoms with Gasteiger partial charge in [0.05, 0.1) is 15.4 Å². The van der Waals surface area contributed by atoms with E-state index in [9.17, 15) is 24.5 Å². The van der Waals surface area contributed by atoms with Crippen molar-refractivity contribution in [1.82, 2.24) is 4.90 Å². The summed E-state index contributed by atoms with van der Waals surface area (Å²) < 4.78 is 5.65. The van der Waals surface area contributed by atoms with Crippen LogP contribution in [0.15, 0.2) is 76.1 Å². The lowest BCUT2D eigenvalue weighted by Gasteiger charge is -2.12. The summed E-state index contributed by atoms with van der Waals surface area (Å²) in [4.78, 5) is 48.8. The maximum absolute atomic E-state index is 12.6. The largest absolute Gasteiger partial charge is 0.456 e. The lowest BCUT2D eigenvalue weighted by molar-refractivity contribution is -0.384. The van der Waals surface area contributed by atoms with Crippen molar-refractivity contribution in [1.29, 1.82) is 0 Å². The van der Waals surface area contributed by atoms with E-state index >= 15 is 0 Å². The van der Waals surface area contributed by atoms with Crippen LogP contribution >= 0.6 is 11.8 Å². The summed E-state index contributed by atoms with van der Waals surface area (Å²) in [6, 6.07) is 17.9. The number of rotatable bonds is 6. The molecule has 10 heteroatoms. The van der Waals surface area contributed by atoms with Crippen LogP contribution < -0.4 is 5.32 Å². The number of amides is 3. The number of carbonyl (C=O) groups excluding carboxylic acids is 3. The summed E-state index contributed by atoms with van der Waals surface area (Å²) in [6.45, 7) is -0.420. The standard InChI is InChI=1S/C22H15N3O6S/c26-20(23-14-6-2-1-3-7-14)13-24-21(27)19(32-22(24)28)12-15-10-11-18(31-15)16-8-4-5-9-17(16)25(29)30/h1-12H,13H2,(H,23,26)/b19-12+. The molecular weight excluding hydrogens is 434 g/mol. The van der Waals surface area contributed by atoms with Crippen molar-refractivity contribution in [2.24, 2.45) is 0 Å². The first kappa shape index (κ1) is 21.1. The second-order valence-corrected chi connectivity index (χ2v) is 7.65. The smallest absolute Gasteiger partial charge is 0.294 e. The highest BCUT2D eigenvalue weighted by Gasteiger charge is 2.36. The number of nitro groups is 1. The van der Waals surface area contributed by atoms with Gasteiger partial charge in [-0.05, 0) is 42.1 Å². The van der Waals surface area contributed by atoms with Crippen molar-refractivity contribution in [3.63, 3.8) is 0 Å². The van der Waals surface area contributed by atoms with Crippen LogP contribution in [0.2, 0.25) is 0 Å². The first-order valence-corrected chi connectivity index (χ1v) is 10.2. The molecule has 0 aliphatic carbocycles. The molecule has 0 unspecified atom stereocenters. The highest BCUT2D eigenvalue weighted by Crippen LogP contribution is 2.35. The van der Waals surface area contributed by atoms with E-state index < -0.39 is 28.5 Å². The summed E-state index contributed by atoms with van der Waals surface area (Å²) >= 11 is 0.688. The number of hydrogen-bond acceptors (Lipinski definition) is 7. The number of imide groups is 1. The van der Waals surface area contributed by atoms with Crippen molar-refractivity contribution in [3.8, 4) is 11.3 Å². The minimum absolute atomic E-state index is 0.0889. The monoisotopic (exact) mass is 449 g/mol. The van der Waals surface area contributed by atoms with E-state index in [1.165, 1.54) is 12.1 Å². The topological polar surface area (TPSA) is 123 Å². The molecule has 2 heterocycles. The molecular formula is C22H15N3O6S. The van der Waals surface area contributed by atoms with E-state index in [2.05, 4.69) is 5.32 Å². The van der Waals surface area contributed by atoms with Gasteiger partial charge in [-0.3, -0.25) is 29.4 Å². The highest BCUT2D eigenvalue weighted by molar-refractivity contribution is 8.18. The van der Waals surface area contributed by atoms with Gasteiger partial charge in [0, 0.05) is 17.8 Å². The van der Waals surface area contributed by atoms with Crippen molar-refractivity contribution in [3.05, 3.63) is 87.5 Å². The Morgan fingerprint density at radius 2 is 1.78 bits per heavy atom. The van der Waals surface area contributed by atoms with Crippen LogP contribution in [-0.4, -0.2) is 33.4 Å². The molecule has 0 spiro atoms. The zero-order chi connectivity index (χ0) is 22.7. The SMILES string of the molecule is O=C(CN1C(=O)S/C(=C/c2ccc(-c3ccccc3[N+](=O)[O-])o2)C1=O)Nc1ccccc1. The Morgan fingerprint density at radius 1 is 1.06 bits per heavy atom. The maximum atomic E-state index is 12.6. The van der Waals surface area contributed by atoms with Gasteiger partial charge in [-0.25, -0.2) is 0 Å². The Kier molecular flexibility index (Phi) is 5.86. The van der Waals surface area contributed by atoms with Gasteiger partial charge in [0.15, 0.2) is 0 Å². The zero-order valence-electron chi connectivity index (χ0n) is 16.4. The number of thioether (sulfide) groups is 1. The van der Waals surface area contributed by atoms with Crippen LogP contribution in [0.25, 0.3) is 17.4 Å². The average molecular weight is 449 g/mol. The highest BCUT2D eigenvalue weighted by atomic mass is 32.2. The fraction of sp³-hybridized carbons (Fsp3) is 0.0455. The summed E-state index contributed by atoms with van der Waals surface area (Å²) in [7, 11) is 0. The number of nitrogens with one attached hydrogen (secondary N) is 1. The van der Waals surface area contributed by atoms with Gasteiger partial charge in [-0.2, -0.15) is 0 Å². The first-order chi connectivity index (χ1) is 15.4. The molecule has 1 saturated heterocycles. The number of nitro benzene ring substituents is 1. The number of hydrogen-bond donors (Lipinski definition) is 1. The predicted octanol–water partition coefficient (Wildman–Crippen LogP) is 4.53. The molecule has 9 nitrogen and oxygen atoms in total. The molecule has 32 heavy (non-hydrogen) atoms. The molecule has 0 radical (unpaired) electrons. The third kappa shape index (κ3) is 4.44. The summed E-state index contributed by atoms with van der Waals surface area (Å²) in [5.74, 6) is -0.620. The third-order valence-corrected chi connectivity index (χ3v) is 5.41. The Hall–Kier alpha value is -4.18. The van der Waals surface area contributed by atoms with Crippen molar-refractivity contribution in [2.45, 2.75) is 0 Å². The maximum Gasteiger partial charge on any atom is 0.294 e. The fourth-order valence-corrected chi connectivity index (χ4v) is 3.87. The van der Waals surface area contributed by atoms with Gasteiger partial charge in [0.2, 0.25) is 5.91 Å². The minimum Gasteiger partial charge on any atom is -0.456 e. The van der Waals surface area contributed by atoms with Crippen LogP contribution in [0.3, 0.4) is 0 Å².